The maximum Gasteiger partial charge on any atom is 0.220 e. The Morgan fingerprint density at radius 3 is 1.01 bits per heavy atom. The quantitative estimate of drug-likeness (QED) is 0.0253. The number of rotatable bonds is 55. The minimum Gasteiger partial charge on any atom is -0.394 e. The van der Waals surface area contributed by atoms with Crippen molar-refractivity contribution < 1.29 is 89.4 Å². The topological polar surface area (TPSA) is 307 Å². The van der Waals surface area contributed by atoms with E-state index in [0.717, 1.165) is 44.9 Å². The van der Waals surface area contributed by atoms with Crippen LogP contribution < -0.4 is 5.32 Å². The number of aliphatic hydroxyl groups is 11. The molecule has 12 N–H and O–H groups in total. The number of carbonyl (C=O) groups is 1. The molecule has 0 saturated carbocycles. The van der Waals surface area contributed by atoms with Crippen LogP contribution in [0.4, 0.5) is 0 Å². The van der Waals surface area contributed by atoms with Crippen LogP contribution in [0.25, 0.3) is 0 Å². The van der Waals surface area contributed by atoms with Gasteiger partial charge < -0.3 is 89.9 Å². The lowest BCUT2D eigenvalue weighted by Gasteiger charge is -2.48. The van der Waals surface area contributed by atoms with E-state index in [1.165, 1.54) is 212 Å². The van der Waals surface area contributed by atoms with Gasteiger partial charge in [0, 0.05) is 6.42 Å². The molecule has 3 rings (SSSR count). The molecule has 0 spiro atoms. The molecule has 17 atom stereocenters. The molecular formula is C67H129NO18. The lowest BCUT2D eigenvalue weighted by atomic mass is 9.96. The highest BCUT2D eigenvalue weighted by Gasteiger charge is 2.53. The Balaban J connectivity index is 1.43. The van der Waals surface area contributed by atoms with E-state index in [9.17, 15) is 61.0 Å². The van der Waals surface area contributed by atoms with Crippen LogP contribution in [-0.4, -0.2) is 193 Å². The lowest BCUT2D eigenvalue weighted by Crippen LogP contribution is -2.66. The van der Waals surface area contributed by atoms with Crippen LogP contribution in [-0.2, 0) is 33.2 Å². The Kier molecular flexibility index (Phi) is 46.3. The maximum absolute atomic E-state index is 13.4. The molecule has 3 aliphatic heterocycles. The average Bonchev–Trinajstić information content (AvgIpc) is 2.37. The summed E-state index contributed by atoms with van der Waals surface area (Å²) in [6, 6.07) is -0.881. The molecular weight excluding hydrogens is 1110 g/mol. The molecule has 3 fully saturated rings. The molecule has 1 amide bonds. The largest absolute Gasteiger partial charge is 0.394 e. The van der Waals surface area contributed by atoms with Gasteiger partial charge in [-0.05, 0) is 12.8 Å². The molecule has 510 valence electrons. The molecule has 0 aromatic heterocycles. The first kappa shape index (κ1) is 79.0. The van der Waals surface area contributed by atoms with Gasteiger partial charge in [-0.25, -0.2) is 0 Å². The van der Waals surface area contributed by atoms with Crippen molar-refractivity contribution in [3.8, 4) is 0 Å². The molecule has 0 aliphatic carbocycles. The number of ether oxygens (including phenoxy) is 6. The summed E-state index contributed by atoms with van der Waals surface area (Å²) in [6.07, 6.45) is 26.0. The molecule has 0 aromatic rings. The minimum atomic E-state index is -1.97. The third kappa shape index (κ3) is 32.4. The predicted octanol–water partition coefficient (Wildman–Crippen LogP) is 9.11. The first-order valence-corrected chi connectivity index (χ1v) is 35.3. The normalized spacial score (nSPS) is 28.7. The van der Waals surface area contributed by atoms with Crippen LogP contribution >= 0.6 is 0 Å². The summed E-state index contributed by atoms with van der Waals surface area (Å²) in [6.45, 7) is 1.85. The van der Waals surface area contributed by atoms with Gasteiger partial charge in [-0.15, -0.1) is 0 Å². The molecule has 19 nitrogen and oxygen atoms in total. The maximum atomic E-state index is 13.4. The number of unbranched alkanes of at least 4 members (excludes halogenated alkanes) is 39. The van der Waals surface area contributed by atoms with E-state index in [0.29, 0.717) is 12.8 Å². The molecule has 19 heteroatoms. The highest BCUT2D eigenvalue weighted by Crippen LogP contribution is 2.33. The van der Waals surface area contributed by atoms with E-state index in [2.05, 4.69) is 19.2 Å². The Labute approximate surface area is 519 Å². The number of aliphatic hydroxyl groups excluding tert-OH is 11. The second kappa shape index (κ2) is 50.4. The first-order valence-electron chi connectivity index (χ1n) is 35.3. The summed E-state index contributed by atoms with van der Waals surface area (Å²) in [7, 11) is 0. The second-order valence-electron chi connectivity index (χ2n) is 25.7. The van der Waals surface area contributed by atoms with Gasteiger partial charge in [0.15, 0.2) is 18.9 Å². The fourth-order valence-corrected chi connectivity index (χ4v) is 12.4. The molecule has 86 heavy (non-hydrogen) atoms. The fraction of sp³-hybridized carbons (Fsp3) is 0.985. The van der Waals surface area contributed by atoms with E-state index >= 15 is 0 Å². The standard InChI is InChI=1S/C67H129NO18/c1-3-5-7-9-11-13-15-17-19-21-23-24-25-27-28-30-32-34-36-38-40-42-44-51(72)50(68-55(73)45-43-41-39-37-35-33-31-29-26-22-20-18-16-14-12-10-8-6-4-2)49-81-65-61(79)58(76)63(53(47-70)83-65)86-67-62(80)59(77)64(54(48-71)84-67)85-66-60(78)57(75)56(74)52(46-69)82-66/h50-54,56-67,69-72,74-80H,3-49H2,1-2H3,(H,68,73). The number of carbonyl (C=O) groups excluding carboxylic acids is 1. The molecule has 0 aromatic carbocycles. The van der Waals surface area contributed by atoms with Crippen molar-refractivity contribution >= 4 is 5.91 Å². The van der Waals surface area contributed by atoms with Gasteiger partial charge >= 0.3 is 0 Å². The smallest absolute Gasteiger partial charge is 0.220 e. The van der Waals surface area contributed by atoms with Crippen molar-refractivity contribution in [3.05, 3.63) is 0 Å². The fourth-order valence-electron chi connectivity index (χ4n) is 12.4. The summed E-state index contributed by atoms with van der Waals surface area (Å²) < 4.78 is 34.4. The van der Waals surface area contributed by atoms with E-state index < -0.39 is 124 Å². The summed E-state index contributed by atoms with van der Waals surface area (Å²) in [5.74, 6) is -0.235. The number of hydrogen-bond donors (Lipinski definition) is 12. The van der Waals surface area contributed by atoms with Crippen molar-refractivity contribution in [1.29, 1.82) is 0 Å². The van der Waals surface area contributed by atoms with Gasteiger partial charge in [-0.2, -0.15) is 0 Å². The summed E-state index contributed by atoms with van der Waals surface area (Å²) in [5, 5.41) is 121. The van der Waals surface area contributed by atoms with E-state index in [-0.39, 0.29) is 18.9 Å². The Hall–Kier alpha value is -1.21. The van der Waals surface area contributed by atoms with Crippen LogP contribution in [0, 0.1) is 0 Å². The SMILES string of the molecule is CCCCCCCCCCCCCCCCCCCCCCCCC(O)C(COC1OC(CO)C(OC2OC(CO)C(OC3OC(CO)C(O)C(O)C3O)C(O)C2O)C(O)C1O)NC(=O)CCCCCCCCCCCCCCCCCCCCC. The van der Waals surface area contributed by atoms with Crippen molar-refractivity contribution in [2.45, 2.75) is 394 Å². The molecule has 3 aliphatic rings. The zero-order chi connectivity index (χ0) is 62.6. The highest BCUT2D eigenvalue weighted by molar-refractivity contribution is 5.76. The molecule has 3 heterocycles. The van der Waals surface area contributed by atoms with E-state index in [1.54, 1.807) is 0 Å². The van der Waals surface area contributed by atoms with Gasteiger partial charge in [-0.1, -0.05) is 271 Å². The monoisotopic (exact) mass is 1240 g/mol. The van der Waals surface area contributed by atoms with Crippen molar-refractivity contribution in [1.82, 2.24) is 5.32 Å². The Morgan fingerprint density at radius 1 is 0.372 bits per heavy atom. The van der Waals surface area contributed by atoms with Gasteiger partial charge in [0.25, 0.3) is 0 Å². The van der Waals surface area contributed by atoms with E-state index in [1.807, 2.05) is 0 Å². The highest BCUT2D eigenvalue weighted by atomic mass is 16.8. The molecule has 0 radical (unpaired) electrons. The lowest BCUT2D eigenvalue weighted by molar-refractivity contribution is -0.379. The van der Waals surface area contributed by atoms with Crippen molar-refractivity contribution in [2.75, 3.05) is 26.4 Å². The van der Waals surface area contributed by atoms with Crippen LogP contribution in [0.2, 0.25) is 0 Å². The summed E-state index contributed by atoms with van der Waals surface area (Å²) >= 11 is 0. The molecule has 17 unspecified atom stereocenters. The van der Waals surface area contributed by atoms with Crippen LogP contribution in [0.3, 0.4) is 0 Å². The van der Waals surface area contributed by atoms with E-state index in [4.69, 9.17) is 28.4 Å². The van der Waals surface area contributed by atoms with Gasteiger partial charge in [0.05, 0.1) is 38.6 Å². The predicted molar refractivity (Wildman–Crippen MR) is 333 cm³/mol. The third-order valence-electron chi connectivity index (χ3n) is 18.2. The molecule has 3 saturated heterocycles. The van der Waals surface area contributed by atoms with Gasteiger partial charge in [-0.3, -0.25) is 4.79 Å². The third-order valence-corrected chi connectivity index (χ3v) is 18.2. The van der Waals surface area contributed by atoms with Gasteiger partial charge in [0.2, 0.25) is 5.91 Å². The van der Waals surface area contributed by atoms with Gasteiger partial charge in [0.1, 0.15) is 73.2 Å². The number of amides is 1. The van der Waals surface area contributed by atoms with Crippen molar-refractivity contribution in [3.63, 3.8) is 0 Å². The van der Waals surface area contributed by atoms with Crippen molar-refractivity contribution in [2.24, 2.45) is 0 Å². The van der Waals surface area contributed by atoms with Crippen LogP contribution in [0.5, 0.6) is 0 Å². The minimum absolute atomic E-state index is 0.235. The number of hydrogen-bond acceptors (Lipinski definition) is 18. The zero-order valence-corrected chi connectivity index (χ0v) is 53.8. The zero-order valence-electron chi connectivity index (χ0n) is 53.8. The first-order chi connectivity index (χ1) is 41.8. The summed E-state index contributed by atoms with van der Waals surface area (Å²) in [5.41, 5.74) is 0. The molecule has 0 bridgehead atoms. The summed E-state index contributed by atoms with van der Waals surface area (Å²) in [4.78, 5) is 13.4. The van der Waals surface area contributed by atoms with Crippen LogP contribution in [0.15, 0.2) is 0 Å². The Morgan fingerprint density at radius 2 is 0.663 bits per heavy atom. The van der Waals surface area contributed by atoms with Crippen LogP contribution in [0.1, 0.15) is 290 Å². The average molecular weight is 1240 g/mol. The number of nitrogens with one attached hydrogen (secondary N) is 1. The second-order valence-corrected chi connectivity index (χ2v) is 25.7. The Bertz CT molecular complexity index is 1570.